The highest BCUT2D eigenvalue weighted by atomic mass is 28.4. The first-order valence-electron chi connectivity index (χ1n) is 6.63. The molecule has 22 heavy (non-hydrogen) atoms. The van der Waals surface area contributed by atoms with Gasteiger partial charge in [0.25, 0.3) is 0 Å². The van der Waals surface area contributed by atoms with Gasteiger partial charge in [-0.3, -0.25) is 0 Å². The Morgan fingerprint density at radius 1 is 1.05 bits per heavy atom. The lowest BCUT2D eigenvalue weighted by atomic mass is 10.1. The average Bonchev–Trinajstić information content (AvgIpc) is 2.57. The summed E-state index contributed by atoms with van der Waals surface area (Å²) in [4.78, 5) is 11.6. The summed E-state index contributed by atoms with van der Waals surface area (Å²) in [5.41, 5.74) is 0. The molecule has 0 aromatic heterocycles. The molecule has 116 valence electrons. The Balaban J connectivity index is 2.77. The van der Waals surface area contributed by atoms with E-state index in [1.807, 2.05) is 30.3 Å². The molecule has 0 bridgehead atoms. The molecule has 0 atom stereocenters. The molecule has 6 heteroatoms. The lowest BCUT2D eigenvalue weighted by molar-refractivity contribution is -0.128. The van der Waals surface area contributed by atoms with Gasteiger partial charge in [-0.2, -0.15) is 0 Å². The molecule has 0 fully saturated rings. The molecule has 0 saturated carbocycles. The van der Waals surface area contributed by atoms with E-state index in [1.54, 1.807) is 6.07 Å². The Morgan fingerprint density at radius 2 is 1.68 bits per heavy atom. The fourth-order valence-corrected chi connectivity index (χ4v) is 4.46. The van der Waals surface area contributed by atoms with Gasteiger partial charge in [0, 0.05) is 27.4 Å². The highest BCUT2D eigenvalue weighted by molar-refractivity contribution is 6.78. The molecule has 0 saturated heterocycles. The standard InChI is InChI=1S/C16H18O5Si/c1-5-15(17)21-14-11-10-12-8-6-7-9-13(12)16(14)22(18-2,19-3)20-4/h5-11H,1H2,2-4H3. The third-order valence-corrected chi connectivity index (χ3v) is 6.12. The predicted molar refractivity (Wildman–Crippen MR) is 86.2 cm³/mol. The highest BCUT2D eigenvalue weighted by Gasteiger charge is 2.45. The number of fused-ring (bicyclic) bond motifs is 1. The maximum atomic E-state index is 11.6. The molecule has 0 N–H and O–H groups in total. The van der Waals surface area contributed by atoms with Crippen molar-refractivity contribution in [1.82, 2.24) is 0 Å². The third kappa shape index (κ3) is 2.82. The first-order valence-corrected chi connectivity index (χ1v) is 8.36. The molecule has 0 aliphatic carbocycles. The topological polar surface area (TPSA) is 54.0 Å². The molecular weight excluding hydrogens is 300 g/mol. The van der Waals surface area contributed by atoms with Crippen molar-refractivity contribution in [1.29, 1.82) is 0 Å². The minimum atomic E-state index is -3.19. The van der Waals surface area contributed by atoms with E-state index in [4.69, 9.17) is 18.0 Å². The number of carbonyl (C=O) groups is 1. The van der Waals surface area contributed by atoms with Crippen molar-refractivity contribution in [2.24, 2.45) is 0 Å². The Morgan fingerprint density at radius 3 is 2.27 bits per heavy atom. The summed E-state index contributed by atoms with van der Waals surface area (Å²) in [7, 11) is 1.35. The molecule has 0 aliphatic rings. The zero-order valence-electron chi connectivity index (χ0n) is 12.8. The van der Waals surface area contributed by atoms with Crippen LogP contribution in [0.2, 0.25) is 0 Å². The number of ether oxygens (including phenoxy) is 1. The van der Waals surface area contributed by atoms with Crippen LogP contribution >= 0.6 is 0 Å². The van der Waals surface area contributed by atoms with E-state index in [-0.39, 0.29) is 0 Å². The van der Waals surface area contributed by atoms with Gasteiger partial charge in [-0.15, -0.1) is 0 Å². The van der Waals surface area contributed by atoms with Gasteiger partial charge in [0.15, 0.2) is 0 Å². The largest absolute Gasteiger partial charge is 0.540 e. The molecule has 0 heterocycles. The maximum Gasteiger partial charge on any atom is 0.540 e. The van der Waals surface area contributed by atoms with Gasteiger partial charge in [-0.25, -0.2) is 4.79 Å². The Labute approximate surface area is 130 Å². The van der Waals surface area contributed by atoms with Crippen LogP contribution < -0.4 is 9.92 Å². The van der Waals surface area contributed by atoms with Gasteiger partial charge < -0.3 is 18.0 Å². The monoisotopic (exact) mass is 318 g/mol. The molecule has 0 radical (unpaired) electrons. The Bertz CT molecular complexity index is 686. The molecule has 2 aromatic rings. The van der Waals surface area contributed by atoms with Crippen LogP contribution in [0.25, 0.3) is 10.8 Å². The lowest BCUT2D eigenvalue weighted by Gasteiger charge is -2.27. The van der Waals surface area contributed by atoms with Gasteiger partial charge in [-0.1, -0.05) is 36.9 Å². The molecule has 2 aromatic carbocycles. The van der Waals surface area contributed by atoms with Gasteiger partial charge in [0.1, 0.15) is 5.75 Å². The SMILES string of the molecule is C=CC(=O)Oc1ccc2ccccc2c1[Si](OC)(OC)OC. The second-order valence-corrected chi connectivity index (χ2v) is 7.29. The second kappa shape index (κ2) is 6.84. The Hall–Kier alpha value is -1.99. The number of hydrogen-bond donors (Lipinski definition) is 0. The minimum absolute atomic E-state index is 0.348. The second-order valence-electron chi connectivity index (χ2n) is 4.45. The third-order valence-electron chi connectivity index (χ3n) is 3.38. The average molecular weight is 318 g/mol. The number of benzene rings is 2. The first kappa shape index (κ1) is 16.4. The summed E-state index contributed by atoms with van der Waals surface area (Å²) < 4.78 is 22.0. The van der Waals surface area contributed by atoms with Crippen LogP contribution in [0.15, 0.2) is 49.1 Å². The van der Waals surface area contributed by atoms with E-state index in [0.717, 1.165) is 16.8 Å². The van der Waals surface area contributed by atoms with Crippen molar-refractivity contribution < 1.29 is 22.8 Å². The van der Waals surface area contributed by atoms with Crippen LogP contribution in [0.5, 0.6) is 5.75 Å². The van der Waals surface area contributed by atoms with Crippen molar-refractivity contribution >= 4 is 30.7 Å². The minimum Gasteiger partial charge on any atom is -0.423 e. The van der Waals surface area contributed by atoms with Crippen LogP contribution in [0.3, 0.4) is 0 Å². The van der Waals surface area contributed by atoms with Crippen molar-refractivity contribution in [3.8, 4) is 5.75 Å². The number of rotatable bonds is 6. The Kier molecular flexibility index (Phi) is 5.10. The number of carbonyl (C=O) groups excluding carboxylic acids is 1. The fraction of sp³-hybridized carbons (Fsp3) is 0.188. The summed E-state index contributed by atoms with van der Waals surface area (Å²) in [5, 5.41) is 2.45. The van der Waals surface area contributed by atoms with Gasteiger partial charge in [-0.05, 0) is 16.8 Å². The summed E-state index contributed by atoms with van der Waals surface area (Å²) in [5.74, 6) is -0.205. The van der Waals surface area contributed by atoms with Crippen molar-refractivity contribution in [3.63, 3.8) is 0 Å². The van der Waals surface area contributed by atoms with Crippen molar-refractivity contribution in [3.05, 3.63) is 49.1 Å². The van der Waals surface area contributed by atoms with Crippen LogP contribution in [0, 0.1) is 0 Å². The lowest BCUT2D eigenvalue weighted by Crippen LogP contribution is -2.55. The summed E-state index contributed by atoms with van der Waals surface area (Å²) in [6.45, 7) is 3.41. The predicted octanol–water partition coefficient (Wildman–Crippen LogP) is 2.02. The quantitative estimate of drug-likeness (QED) is 0.353. The molecule has 0 unspecified atom stereocenters. The number of esters is 1. The highest BCUT2D eigenvalue weighted by Crippen LogP contribution is 2.24. The normalized spacial score (nSPS) is 11.4. The van der Waals surface area contributed by atoms with Crippen molar-refractivity contribution in [2.45, 2.75) is 0 Å². The van der Waals surface area contributed by atoms with E-state index in [2.05, 4.69) is 6.58 Å². The number of hydrogen-bond acceptors (Lipinski definition) is 5. The zero-order valence-corrected chi connectivity index (χ0v) is 13.8. The zero-order chi connectivity index (χ0) is 16.2. The summed E-state index contributed by atoms with van der Waals surface area (Å²) >= 11 is 0. The van der Waals surface area contributed by atoms with E-state index < -0.39 is 14.8 Å². The molecular formula is C16H18O5Si. The van der Waals surface area contributed by atoms with Crippen LogP contribution in [-0.4, -0.2) is 36.1 Å². The van der Waals surface area contributed by atoms with Crippen LogP contribution in [0.1, 0.15) is 0 Å². The van der Waals surface area contributed by atoms with Crippen LogP contribution in [0.4, 0.5) is 0 Å². The van der Waals surface area contributed by atoms with E-state index in [0.29, 0.717) is 10.9 Å². The molecule has 5 nitrogen and oxygen atoms in total. The van der Waals surface area contributed by atoms with Gasteiger partial charge in [0.2, 0.25) is 0 Å². The van der Waals surface area contributed by atoms with E-state index in [1.165, 1.54) is 21.3 Å². The summed E-state index contributed by atoms with van der Waals surface area (Å²) in [6, 6.07) is 11.3. The summed E-state index contributed by atoms with van der Waals surface area (Å²) in [6.07, 6.45) is 1.11. The smallest absolute Gasteiger partial charge is 0.423 e. The molecule has 0 spiro atoms. The molecule has 0 aliphatic heterocycles. The fourth-order valence-electron chi connectivity index (χ4n) is 2.36. The van der Waals surface area contributed by atoms with Gasteiger partial charge >= 0.3 is 14.8 Å². The molecule has 0 amide bonds. The van der Waals surface area contributed by atoms with Crippen molar-refractivity contribution in [2.75, 3.05) is 21.3 Å². The van der Waals surface area contributed by atoms with E-state index in [9.17, 15) is 4.79 Å². The van der Waals surface area contributed by atoms with E-state index >= 15 is 0 Å². The first-order chi connectivity index (χ1) is 10.6. The van der Waals surface area contributed by atoms with Crippen LogP contribution in [-0.2, 0) is 18.1 Å². The molecule has 2 rings (SSSR count). The van der Waals surface area contributed by atoms with Gasteiger partial charge in [0.05, 0.1) is 5.19 Å². The maximum absolute atomic E-state index is 11.6.